The van der Waals surface area contributed by atoms with Crippen molar-refractivity contribution in [2.75, 3.05) is 0 Å². The Bertz CT molecular complexity index is 1070. The maximum atomic E-state index is 12.3. The molecule has 0 atom stereocenters. The van der Waals surface area contributed by atoms with Gasteiger partial charge in [0.1, 0.15) is 0 Å². The van der Waals surface area contributed by atoms with Gasteiger partial charge in [-0.3, -0.25) is 25.2 Å². The lowest BCUT2D eigenvalue weighted by Gasteiger charge is -2.08. The summed E-state index contributed by atoms with van der Waals surface area (Å²) in [6.07, 6.45) is 0.213. The smallest absolute Gasteiger partial charge is 0.242 e. The van der Waals surface area contributed by atoms with Gasteiger partial charge in [0.05, 0.1) is 13.0 Å². The molecular weight excluding hydrogens is 400 g/mol. The Kier molecular flexibility index (Phi) is 6.89. The molecule has 0 radical (unpaired) electrons. The first-order chi connectivity index (χ1) is 14.3. The molecule has 0 fully saturated rings. The first kappa shape index (κ1) is 21.6. The van der Waals surface area contributed by atoms with E-state index in [0.29, 0.717) is 6.54 Å². The summed E-state index contributed by atoms with van der Waals surface area (Å²) in [6, 6.07) is 8.01. The highest BCUT2D eigenvalue weighted by Gasteiger charge is 2.15. The Morgan fingerprint density at radius 2 is 1.73 bits per heavy atom. The third kappa shape index (κ3) is 5.48. The maximum Gasteiger partial charge on any atom is 0.242 e. The zero-order chi connectivity index (χ0) is 21.7. The van der Waals surface area contributed by atoms with Crippen molar-refractivity contribution >= 4 is 40.0 Å². The van der Waals surface area contributed by atoms with E-state index in [-0.39, 0.29) is 31.1 Å². The van der Waals surface area contributed by atoms with E-state index in [2.05, 4.69) is 33.3 Å². The zero-order valence-electron chi connectivity index (χ0n) is 17.3. The monoisotopic (exact) mass is 426 g/mol. The van der Waals surface area contributed by atoms with Crippen molar-refractivity contribution in [2.45, 2.75) is 46.6 Å². The van der Waals surface area contributed by atoms with Crippen LogP contribution in [0, 0.1) is 20.8 Å². The molecule has 0 spiro atoms. The number of rotatable bonds is 7. The molecule has 4 N–H and O–H groups in total. The lowest BCUT2D eigenvalue weighted by Crippen LogP contribution is -2.42. The molecule has 0 aliphatic rings. The summed E-state index contributed by atoms with van der Waals surface area (Å²) < 4.78 is 0. The molecule has 2 aromatic heterocycles. The lowest BCUT2D eigenvalue weighted by atomic mass is 10.0. The minimum absolute atomic E-state index is 0.00105. The molecule has 0 saturated carbocycles. The highest BCUT2D eigenvalue weighted by Crippen LogP contribution is 2.26. The van der Waals surface area contributed by atoms with Crippen LogP contribution in [-0.2, 0) is 27.3 Å². The van der Waals surface area contributed by atoms with E-state index in [9.17, 15) is 14.4 Å². The Labute approximate surface area is 179 Å². The van der Waals surface area contributed by atoms with Gasteiger partial charge in [0, 0.05) is 34.3 Å². The van der Waals surface area contributed by atoms with Gasteiger partial charge in [0.25, 0.3) is 0 Å². The quantitative estimate of drug-likeness (QED) is 0.437. The second-order valence-electron chi connectivity index (χ2n) is 7.36. The second-order valence-corrected chi connectivity index (χ2v) is 8.39. The largest absolute Gasteiger partial charge is 0.358 e. The van der Waals surface area contributed by atoms with Gasteiger partial charge in [-0.2, -0.15) is 0 Å². The van der Waals surface area contributed by atoms with Gasteiger partial charge in [-0.05, 0) is 49.4 Å². The number of nitrogens with one attached hydrogen (secondary N) is 4. The zero-order valence-corrected chi connectivity index (χ0v) is 18.2. The second kappa shape index (κ2) is 9.58. The van der Waals surface area contributed by atoms with E-state index in [0.717, 1.165) is 38.2 Å². The Morgan fingerprint density at radius 1 is 1.00 bits per heavy atom. The maximum absolute atomic E-state index is 12.3. The molecule has 0 aliphatic carbocycles. The Balaban J connectivity index is 1.45. The number of H-pyrrole nitrogens is 1. The number of hydrazine groups is 1. The highest BCUT2D eigenvalue weighted by molar-refractivity contribution is 7.09. The summed E-state index contributed by atoms with van der Waals surface area (Å²) in [7, 11) is 0. The molecule has 0 unspecified atom stereocenters. The number of carbonyl (C=O) groups is 3. The van der Waals surface area contributed by atoms with Crippen molar-refractivity contribution in [3.8, 4) is 0 Å². The molecule has 1 aromatic carbocycles. The first-order valence-electron chi connectivity index (χ1n) is 9.78. The summed E-state index contributed by atoms with van der Waals surface area (Å²) in [4.78, 5) is 40.5. The van der Waals surface area contributed by atoms with E-state index in [1.165, 1.54) is 0 Å². The van der Waals surface area contributed by atoms with Crippen molar-refractivity contribution < 1.29 is 14.4 Å². The van der Waals surface area contributed by atoms with E-state index in [1.54, 1.807) is 11.3 Å². The van der Waals surface area contributed by atoms with Crippen LogP contribution in [0.15, 0.2) is 29.6 Å². The average Bonchev–Trinajstić information content (AvgIpc) is 3.32. The van der Waals surface area contributed by atoms with Crippen molar-refractivity contribution in [3.05, 3.63) is 56.9 Å². The van der Waals surface area contributed by atoms with E-state index < -0.39 is 5.91 Å². The molecule has 30 heavy (non-hydrogen) atoms. The van der Waals surface area contributed by atoms with Gasteiger partial charge < -0.3 is 10.3 Å². The van der Waals surface area contributed by atoms with Gasteiger partial charge in [-0.15, -0.1) is 11.3 Å². The van der Waals surface area contributed by atoms with Gasteiger partial charge in [-0.1, -0.05) is 17.7 Å². The number of hydrogen-bond acceptors (Lipinski definition) is 4. The molecular formula is C22H26N4O3S. The number of thiophene rings is 1. The number of benzene rings is 1. The fraction of sp³-hybridized carbons (Fsp3) is 0.318. The Morgan fingerprint density at radius 3 is 2.47 bits per heavy atom. The van der Waals surface area contributed by atoms with Crippen molar-refractivity contribution in [1.29, 1.82) is 0 Å². The van der Waals surface area contributed by atoms with Crippen LogP contribution in [0.25, 0.3) is 10.9 Å². The topological polar surface area (TPSA) is 103 Å². The van der Waals surface area contributed by atoms with Crippen LogP contribution < -0.4 is 16.2 Å². The average molecular weight is 427 g/mol. The highest BCUT2D eigenvalue weighted by atomic mass is 32.1. The molecule has 3 rings (SSSR count). The summed E-state index contributed by atoms with van der Waals surface area (Å²) >= 11 is 1.56. The summed E-state index contributed by atoms with van der Waals surface area (Å²) in [5.74, 6) is -0.921. The van der Waals surface area contributed by atoms with Crippen LogP contribution >= 0.6 is 11.3 Å². The molecule has 0 saturated heterocycles. The van der Waals surface area contributed by atoms with Crippen molar-refractivity contribution in [3.63, 3.8) is 0 Å². The predicted octanol–water partition coefficient (Wildman–Crippen LogP) is 2.94. The summed E-state index contributed by atoms with van der Waals surface area (Å²) in [5, 5.41) is 5.73. The van der Waals surface area contributed by atoms with Crippen molar-refractivity contribution in [1.82, 2.24) is 21.2 Å². The van der Waals surface area contributed by atoms with Crippen LogP contribution in [-0.4, -0.2) is 22.7 Å². The third-order valence-corrected chi connectivity index (χ3v) is 5.74. The number of amides is 3. The van der Waals surface area contributed by atoms with E-state index >= 15 is 0 Å². The molecule has 8 heteroatoms. The number of aryl methyl sites for hydroxylation is 3. The number of fused-ring (bicyclic) bond motifs is 1. The molecule has 158 valence electrons. The van der Waals surface area contributed by atoms with Crippen LogP contribution in [0.1, 0.15) is 40.1 Å². The number of aromatic amines is 1. The Hall–Kier alpha value is -3.13. The van der Waals surface area contributed by atoms with Gasteiger partial charge in [-0.25, -0.2) is 0 Å². The fourth-order valence-electron chi connectivity index (χ4n) is 3.39. The van der Waals surface area contributed by atoms with Gasteiger partial charge >= 0.3 is 0 Å². The lowest BCUT2D eigenvalue weighted by molar-refractivity contribution is -0.130. The van der Waals surface area contributed by atoms with Crippen LogP contribution in [0.5, 0.6) is 0 Å². The number of aromatic nitrogens is 1. The van der Waals surface area contributed by atoms with Crippen molar-refractivity contribution in [2.24, 2.45) is 0 Å². The van der Waals surface area contributed by atoms with Gasteiger partial charge in [0.2, 0.25) is 17.7 Å². The van der Waals surface area contributed by atoms with Crippen LogP contribution in [0.4, 0.5) is 0 Å². The standard InChI is InChI=1S/C22H26N4O3S/c1-13-9-14(2)22-18(10-13)17(15(3)24-22)11-21(29)26-25-20(28)7-6-19(27)23-12-16-5-4-8-30-16/h4-5,8-10,24H,6-7,11-12H2,1-3H3,(H,23,27)(H,25,28)(H,26,29). The molecule has 0 bridgehead atoms. The first-order valence-corrected chi connectivity index (χ1v) is 10.7. The minimum atomic E-state index is -0.406. The third-order valence-electron chi connectivity index (χ3n) is 4.87. The minimum Gasteiger partial charge on any atom is -0.358 e. The van der Waals surface area contributed by atoms with Crippen LogP contribution in [0.2, 0.25) is 0 Å². The number of hydrogen-bond donors (Lipinski definition) is 4. The number of carbonyl (C=O) groups excluding carboxylic acids is 3. The molecule has 3 aromatic rings. The van der Waals surface area contributed by atoms with E-state index in [4.69, 9.17) is 0 Å². The van der Waals surface area contributed by atoms with E-state index in [1.807, 2.05) is 38.3 Å². The van der Waals surface area contributed by atoms with Crippen LogP contribution in [0.3, 0.4) is 0 Å². The molecule has 3 amide bonds. The van der Waals surface area contributed by atoms with Gasteiger partial charge in [0.15, 0.2) is 0 Å². The summed E-state index contributed by atoms with van der Waals surface area (Å²) in [6.45, 7) is 6.45. The molecule has 0 aliphatic heterocycles. The summed E-state index contributed by atoms with van der Waals surface area (Å²) in [5.41, 5.74) is 9.95. The fourth-order valence-corrected chi connectivity index (χ4v) is 4.03. The normalized spacial score (nSPS) is 10.8. The molecule has 2 heterocycles. The predicted molar refractivity (Wildman–Crippen MR) is 118 cm³/mol. The SMILES string of the molecule is Cc1cc(C)c2[nH]c(C)c(CC(=O)NNC(=O)CCC(=O)NCc3cccs3)c2c1. The molecule has 7 nitrogen and oxygen atoms in total.